The first-order chi connectivity index (χ1) is 8.50. The second-order valence-corrected chi connectivity index (χ2v) is 5.72. The van der Waals surface area contributed by atoms with Crippen molar-refractivity contribution in [2.45, 2.75) is 4.90 Å². The quantitative estimate of drug-likeness (QED) is 0.554. The van der Waals surface area contributed by atoms with Gasteiger partial charge in [0.05, 0.1) is 26.2 Å². The Kier molecular flexibility index (Phi) is 4.33. The maximum absolute atomic E-state index is 11.2. The van der Waals surface area contributed by atoms with Crippen LogP contribution in [0.25, 0.3) is 0 Å². The van der Waals surface area contributed by atoms with Gasteiger partial charge in [-0.2, -0.15) is 8.42 Å². The molecular weight excluding hydrogens is 343 g/mol. The van der Waals surface area contributed by atoms with Gasteiger partial charge in [-0.05, 0) is 0 Å². The van der Waals surface area contributed by atoms with Crippen LogP contribution in [0.1, 0.15) is 20.7 Å². The lowest BCUT2D eigenvalue weighted by molar-refractivity contribution is 0.0996. The van der Waals surface area contributed by atoms with Crippen molar-refractivity contribution in [3.63, 3.8) is 0 Å². The molecule has 0 bridgehead atoms. The Morgan fingerprint density at radius 3 is 1.63 bits per heavy atom. The maximum Gasteiger partial charge on any atom is 0.296 e. The minimum Gasteiger partial charge on any atom is -0.366 e. The number of hydrogen-bond acceptors (Lipinski definition) is 4. The zero-order valence-electron chi connectivity index (χ0n) is 8.78. The Bertz CT molecular complexity index is 701. The SMILES string of the molecule is NC(=O)c1c(Cl)c(Cl)c(S(=O)(=O)O)c(C(N)=O)c1Cl. The van der Waals surface area contributed by atoms with Gasteiger partial charge in [0.2, 0.25) is 0 Å². The highest BCUT2D eigenvalue weighted by Crippen LogP contribution is 2.40. The van der Waals surface area contributed by atoms with Crippen LogP contribution in [0.4, 0.5) is 0 Å². The van der Waals surface area contributed by atoms with Crippen LogP contribution in [0.3, 0.4) is 0 Å². The lowest BCUT2D eigenvalue weighted by Crippen LogP contribution is -2.21. The van der Waals surface area contributed by atoms with Gasteiger partial charge >= 0.3 is 0 Å². The fourth-order valence-corrected chi connectivity index (χ4v) is 3.41. The lowest BCUT2D eigenvalue weighted by Gasteiger charge is -2.13. The van der Waals surface area contributed by atoms with Crippen LogP contribution in [0, 0.1) is 0 Å². The molecule has 7 nitrogen and oxygen atoms in total. The van der Waals surface area contributed by atoms with E-state index in [9.17, 15) is 18.0 Å². The zero-order valence-corrected chi connectivity index (χ0v) is 11.9. The summed E-state index contributed by atoms with van der Waals surface area (Å²) in [6.07, 6.45) is 0. The maximum atomic E-state index is 11.2. The number of carbonyl (C=O) groups excluding carboxylic acids is 2. The summed E-state index contributed by atoms with van der Waals surface area (Å²) in [6, 6.07) is 0. The number of nitrogens with two attached hydrogens (primary N) is 2. The Morgan fingerprint density at radius 2 is 1.32 bits per heavy atom. The van der Waals surface area contributed by atoms with Gasteiger partial charge in [0, 0.05) is 0 Å². The standard InChI is InChI=1S/C8H5Cl3N2O5S/c9-3-1(7(12)14)4(10)5(11)6(19(16,17)18)2(3)8(13)15/h(H2,12,14)(H2,13,15)(H,16,17,18). The van der Waals surface area contributed by atoms with E-state index in [1.807, 2.05) is 0 Å². The van der Waals surface area contributed by atoms with Crippen molar-refractivity contribution in [2.75, 3.05) is 0 Å². The van der Waals surface area contributed by atoms with Gasteiger partial charge in [-0.3, -0.25) is 14.1 Å². The largest absolute Gasteiger partial charge is 0.366 e. The molecule has 104 valence electrons. The van der Waals surface area contributed by atoms with Gasteiger partial charge < -0.3 is 11.5 Å². The number of benzene rings is 1. The molecule has 0 aromatic heterocycles. The second kappa shape index (κ2) is 5.14. The number of hydrogen-bond donors (Lipinski definition) is 3. The fourth-order valence-electron chi connectivity index (χ4n) is 1.32. The molecule has 1 aromatic carbocycles. The molecule has 1 aromatic rings. The Hall–Kier alpha value is -1.06. The summed E-state index contributed by atoms with van der Waals surface area (Å²) in [7, 11) is -4.95. The Labute approximate surface area is 122 Å². The Balaban J connectivity index is 4.09. The van der Waals surface area contributed by atoms with E-state index in [4.69, 9.17) is 50.8 Å². The third kappa shape index (κ3) is 2.77. The topological polar surface area (TPSA) is 141 Å². The third-order valence-electron chi connectivity index (χ3n) is 2.03. The van der Waals surface area contributed by atoms with Gasteiger partial charge in [0.25, 0.3) is 21.9 Å². The van der Waals surface area contributed by atoms with Crippen LogP contribution >= 0.6 is 34.8 Å². The molecule has 0 saturated carbocycles. The van der Waals surface area contributed by atoms with Crippen LogP contribution in [0.15, 0.2) is 4.90 Å². The minimum absolute atomic E-state index is 0.575. The first-order valence-electron chi connectivity index (χ1n) is 4.27. The smallest absolute Gasteiger partial charge is 0.296 e. The van der Waals surface area contributed by atoms with Crippen LogP contribution in [-0.2, 0) is 10.1 Å². The van der Waals surface area contributed by atoms with Crippen molar-refractivity contribution < 1.29 is 22.6 Å². The third-order valence-corrected chi connectivity index (χ3v) is 4.30. The van der Waals surface area contributed by atoms with Crippen molar-refractivity contribution in [1.82, 2.24) is 0 Å². The fraction of sp³-hybridized carbons (Fsp3) is 0. The van der Waals surface area contributed by atoms with Gasteiger partial charge in [-0.15, -0.1) is 0 Å². The molecule has 11 heteroatoms. The molecule has 0 unspecified atom stereocenters. The van der Waals surface area contributed by atoms with E-state index in [2.05, 4.69) is 0 Å². The highest BCUT2D eigenvalue weighted by atomic mass is 35.5. The molecule has 0 spiro atoms. The molecule has 0 atom stereocenters. The molecule has 1 rings (SSSR count). The van der Waals surface area contributed by atoms with Crippen LogP contribution in [0.5, 0.6) is 0 Å². The molecule has 19 heavy (non-hydrogen) atoms. The number of rotatable bonds is 3. The molecule has 0 aliphatic carbocycles. The second-order valence-electron chi connectivity index (χ2n) is 3.22. The van der Waals surface area contributed by atoms with Crippen molar-refractivity contribution in [2.24, 2.45) is 11.5 Å². The number of primary amides is 2. The van der Waals surface area contributed by atoms with E-state index >= 15 is 0 Å². The number of halogens is 3. The summed E-state index contributed by atoms with van der Waals surface area (Å²) in [5.74, 6) is -2.49. The van der Waals surface area contributed by atoms with Gasteiger partial charge in [-0.25, -0.2) is 0 Å². The van der Waals surface area contributed by atoms with E-state index in [1.54, 1.807) is 0 Å². The van der Waals surface area contributed by atoms with E-state index in [0.29, 0.717) is 0 Å². The number of carbonyl (C=O) groups is 2. The number of amides is 2. The predicted octanol–water partition coefficient (Wildman–Crippen LogP) is 1.09. The van der Waals surface area contributed by atoms with Crippen LogP contribution in [-0.4, -0.2) is 24.8 Å². The van der Waals surface area contributed by atoms with Gasteiger partial charge in [0.1, 0.15) is 4.90 Å². The van der Waals surface area contributed by atoms with Gasteiger partial charge in [-0.1, -0.05) is 34.8 Å². The first-order valence-corrected chi connectivity index (χ1v) is 6.85. The minimum atomic E-state index is -4.95. The summed E-state index contributed by atoms with van der Waals surface area (Å²) < 4.78 is 31.4. The average molecular weight is 348 g/mol. The van der Waals surface area contributed by atoms with Crippen LogP contribution < -0.4 is 11.5 Å². The molecule has 0 fully saturated rings. The first kappa shape index (κ1) is 16.0. The van der Waals surface area contributed by atoms with Crippen molar-refractivity contribution in [3.8, 4) is 0 Å². The average Bonchev–Trinajstić information content (AvgIpc) is 2.20. The van der Waals surface area contributed by atoms with E-state index in [1.165, 1.54) is 0 Å². The highest BCUT2D eigenvalue weighted by Gasteiger charge is 2.32. The van der Waals surface area contributed by atoms with Gasteiger partial charge in [0.15, 0.2) is 0 Å². The van der Waals surface area contributed by atoms with Crippen molar-refractivity contribution in [1.29, 1.82) is 0 Å². The molecule has 0 aliphatic rings. The summed E-state index contributed by atoms with van der Waals surface area (Å²) in [6.45, 7) is 0. The molecule has 2 amide bonds. The lowest BCUT2D eigenvalue weighted by atomic mass is 10.1. The Morgan fingerprint density at radius 1 is 0.895 bits per heavy atom. The van der Waals surface area contributed by atoms with E-state index in [0.717, 1.165) is 0 Å². The molecule has 0 heterocycles. The molecular formula is C8H5Cl3N2O5S. The summed E-state index contributed by atoms with van der Waals surface area (Å²) in [4.78, 5) is 21.3. The molecule has 0 radical (unpaired) electrons. The normalized spacial score (nSPS) is 11.4. The zero-order chi connectivity index (χ0) is 15.1. The predicted molar refractivity (Wildman–Crippen MR) is 68.3 cm³/mol. The summed E-state index contributed by atoms with van der Waals surface area (Å²) in [5, 5.41) is -2.10. The van der Waals surface area contributed by atoms with Crippen molar-refractivity contribution >= 4 is 56.7 Å². The summed E-state index contributed by atoms with van der Waals surface area (Å²) in [5.41, 5.74) is 8.49. The van der Waals surface area contributed by atoms with E-state index < -0.39 is 53.0 Å². The molecule has 0 aliphatic heterocycles. The summed E-state index contributed by atoms with van der Waals surface area (Å²) >= 11 is 16.9. The molecule has 5 N–H and O–H groups in total. The highest BCUT2D eigenvalue weighted by molar-refractivity contribution is 7.86. The monoisotopic (exact) mass is 346 g/mol. The van der Waals surface area contributed by atoms with E-state index in [-0.39, 0.29) is 0 Å². The van der Waals surface area contributed by atoms with Crippen LogP contribution in [0.2, 0.25) is 15.1 Å². The molecule has 0 saturated heterocycles. The van der Waals surface area contributed by atoms with Crippen molar-refractivity contribution in [3.05, 3.63) is 26.2 Å².